The number of rotatable bonds is 7. The van der Waals surface area contributed by atoms with Gasteiger partial charge in [0, 0.05) is 19.2 Å². The summed E-state index contributed by atoms with van der Waals surface area (Å²) in [5.41, 5.74) is 2.48. The van der Waals surface area contributed by atoms with Gasteiger partial charge in [-0.25, -0.2) is 9.98 Å². The van der Waals surface area contributed by atoms with Crippen LogP contribution in [0.4, 0.5) is 0 Å². The molecule has 1 aliphatic carbocycles. The second-order valence-electron chi connectivity index (χ2n) is 5.65. The number of hydrogen-bond donors (Lipinski definition) is 2. The summed E-state index contributed by atoms with van der Waals surface area (Å²) < 4.78 is 5.14. The highest BCUT2D eigenvalue weighted by Crippen LogP contribution is 2.19. The van der Waals surface area contributed by atoms with Crippen molar-refractivity contribution in [3.8, 4) is 5.88 Å². The number of guanidine groups is 1. The SMILES string of the molecule is CCNC(=NCc1cccc(OC)n1)NCCC1=CCCCC1.I. The van der Waals surface area contributed by atoms with Gasteiger partial charge in [0.1, 0.15) is 0 Å². The van der Waals surface area contributed by atoms with Crippen LogP contribution in [0.25, 0.3) is 0 Å². The first-order valence-corrected chi connectivity index (χ1v) is 8.52. The molecule has 5 nitrogen and oxygen atoms in total. The van der Waals surface area contributed by atoms with Gasteiger partial charge in [-0.15, -0.1) is 24.0 Å². The molecule has 0 aromatic carbocycles. The van der Waals surface area contributed by atoms with E-state index in [1.807, 2.05) is 18.2 Å². The van der Waals surface area contributed by atoms with Crippen LogP contribution in [0.5, 0.6) is 5.88 Å². The third-order valence-corrected chi connectivity index (χ3v) is 3.86. The predicted molar refractivity (Wildman–Crippen MR) is 110 cm³/mol. The zero-order valence-electron chi connectivity index (χ0n) is 14.7. The van der Waals surface area contributed by atoms with Crippen LogP contribution < -0.4 is 15.4 Å². The van der Waals surface area contributed by atoms with Gasteiger partial charge in [0.05, 0.1) is 19.3 Å². The van der Waals surface area contributed by atoms with Crippen molar-refractivity contribution < 1.29 is 4.74 Å². The molecule has 6 heteroatoms. The summed E-state index contributed by atoms with van der Waals surface area (Å²) in [5.74, 6) is 1.47. The van der Waals surface area contributed by atoms with Gasteiger partial charge in [-0.2, -0.15) is 0 Å². The number of ether oxygens (including phenoxy) is 1. The monoisotopic (exact) mass is 444 g/mol. The molecule has 1 aromatic heterocycles. The minimum atomic E-state index is 0. The molecule has 0 radical (unpaired) electrons. The van der Waals surface area contributed by atoms with Gasteiger partial charge in [0.2, 0.25) is 5.88 Å². The molecular formula is C18H29IN4O. The van der Waals surface area contributed by atoms with Crippen molar-refractivity contribution in [2.24, 2.45) is 4.99 Å². The van der Waals surface area contributed by atoms with Crippen molar-refractivity contribution in [3.63, 3.8) is 0 Å². The zero-order chi connectivity index (χ0) is 16.3. The van der Waals surface area contributed by atoms with Crippen LogP contribution in [0.1, 0.15) is 44.7 Å². The van der Waals surface area contributed by atoms with E-state index in [4.69, 9.17) is 4.74 Å². The van der Waals surface area contributed by atoms with E-state index >= 15 is 0 Å². The molecule has 0 fully saturated rings. The Morgan fingerprint density at radius 1 is 1.29 bits per heavy atom. The summed E-state index contributed by atoms with van der Waals surface area (Å²) in [6, 6.07) is 5.74. The second-order valence-corrected chi connectivity index (χ2v) is 5.65. The van der Waals surface area contributed by atoms with E-state index in [0.29, 0.717) is 12.4 Å². The first kappa shape index (κ1) is 20.7. The highest BCUT2D eigenvalue weighted by atomic mass is 127. The van der Waals surface area contributed by atoms with Gasteiger partial charge in [-0.3, -0.25) is 0 Å². The molecule has 0 unspecified atom stereocenters. The van der Waals surface area contributed by atoms with Gasteiger partial charge in [0.15, 0.2) is 5.96 Å². The maximum atomic E-state index is 5.14. The molecule has 0 bridgehead atoms. The highest BCUT2D eigenvalue weighted by molar-refractivity contribution is 14.0. The van der Waals surface area contributed by atoms with Crippen molar-refractivity contribution in [2.45, 2.75) is 45.6 Å². The van der Waals surface area contributed by atoms with Crippen LogP contribution in [0.2, 0.25) is 0 Å². The van der Waals surface area contributed by atoms with E-state index in [0.717, 1.165) is 31.2 Å². The van der Waals surface area contributed by atoms with Gasteiger partial charge in [0.25, 0.3) is 0 Å². The molecule has 1 heterocycles. The number of aliphatic imine (C=N–C) groups is 1. The minimum Gasteiger partial charge on any atom is -0.481 e. The fourth-order valence-corrected chi connectivity index (χ4v) is 2.63. The lowest BCUT2D eigenvalue weighted by Gasteiger charge is -2.15. The fourth-order valence-electron chi connectivity index (χ4n) is 2.63. The Hall–Kier alpha value is -1.31. The Labute approximate surface area is 162 Å². The highest BCUT2D eigenvalue weighted by Gasteiger charge is 2.04. The van der Waals surface area contributed by atoms with E-state index < -0.39 is 0 Å². The van der Waals surface area contributed by atoms with Gasteiger partial charge in [-0.05, 0) is 45.1 Å². The van der Waals surface area contributed by atoms with E-state index in [1.165, 1.54) is 25.7 Å². The first-order chi connectivity index (χ1) is 11.3. The van der Waals surface area contributed by atoms with Crippen molar-refractivity contribution >= 4 is 29.9 Å². The molecule has 2 N–H and O–H groups in total. The number of allylic oxidation sites excluding steroid dienone is 1. The molecule has 0 saturated carbocycles. The van der Waals surface area contributed by atoms with Crippen LogP contribution in [0.3, 0.4) is 0 Å². The molecule has 24 heavy (non-hydrogen) atoms. The van der Waals surface area contributed by atoms with E-state index in [2.05, 4.69) is 33.6 Å². The van der Waals surface area contributed by atoms with E-state index in [9.17, 15) is 0 Å². The smallest absolute Gasteiger partial charge is 0.213 e. The van der Waals surface area contributed by atoms with Crippen molar-refractivity contribution in [2.75, 3.05) is 20.2 Å². The number of halogens is 1. The largest absolute Gasteiger partial charge is 0.481 e. The number of methoxy groups -OCH3 is 1. The zero-order valence-corrected chi connectivity index (χ0v) is 17.0. The van der Waals surface area contributed by atoms with Crippen molar-refractivity contribution in [1.29, 1.82) is 0 Å². The topological polar surface area (TPSA) is 58.5 Å². The molecule has 0 atom stereocenters. The summed E-state index contributed by atoms with van der Waals surface area (Å²) in [7, 11) is 1.63. The quantitative estimate of drug-likeness (QED) is 0.292. The Morgan fingerprint density at radius 2 is 2.17 bits per heavy atom. The fraction of sp³-hybridized carbons (Fsp3) is 0.556. The maximum absolute atomic E-state index is 5.14. The Balaban J connectivity index is 0.00000288. The number of pyridine rings is 1. The standard InChI is InChI=1S/C18H28N4O.HI/c1-3-19-18(20-13-12-15-8-5-4-6-9-15)21-14-16-10-7-11-17(22-16)23-2;/h7-8,10-11H,3-6,9,12-14H2,1-2H3,(H2,19,20,21);1H. The average molecular weight is 444 g/mol. The average Bonchev–Trinajstić information content (AvgIpc) is 2.61. The number of hydrogen-bond acceptors (Lipinski definition) is 3. The minimum absolute atomic E-state index is 0. The number of nitrogens with zero attached hydrogens (tertiary/aromatic N) is 2. The van der Waals surface area contributed by atoms with Crippen molar-refractivity contribution in [1.82, 2.24) is 15.6 Å². The summed E-state index contributed by atoms with van der Waals surface area (Å²) in [6.45, 7) is 4.38. The molecular weight excluding hydrogens is 415 g/mol. The lowest BCUT2D eigenvalue weighted by atomic mass is 9.97. The van der Waals surface area contributed by atoms with Crippen LogP contribution in [-0.2, 0) is 6.54 Å². The lowest BCUT2D eigenvalue weighted by molar-refractivity contribution is 0.396. The van der Waals surface area contributed by atoms with Gasteiger partial charge < -0.3 is 15.4 Å². The molecule has 0 aliphatic heterocycles. The number of aromatic nitrogens is 1. The maximum Gasteiger partial charge on any atom is 0.213 e. The summed E-state index contributed by atoms with van der Waals surface area (Å²) in [6.07, 6.45) is 8.67. The van der Waals surface area contributed by atoms with E-state index in [1.54, 1.807) is 12.7 Å². The molecule has 134 valence electrons. The van der Waals surface area contributed by atoms with Crippen LogP contribution in [0, 0.1) is 0 Å². The second kappa shape index (κ2) is 12.1. The normalized spacial score (nSPS) is 14.4. The molecule has 0 saturated heterocycles. The predicted octanol–water partition coefficient (Wildman–Crippen LogP) is 3.65. The summed E-state index contributed by atoms with van der Waals surface area (Å²) >= 11 is 0. The van der Waals surface area contributed by atoms with Crippen LogP contribution >= 0.6 is 24.0 Å². The molecule has 0 spiro atoms. The lowest BCUT2D eigenvalue weighted by Crippen LogP contribution is -2.37. The van der Waals surface area contributed by atoms with Crippen molar-refractivity contribution in [3.05, 3.63) is 35.5 Å². The molecule has 1 aliphatic rings. The third kappa shape index (κ3) is 7.51. The molecule has 1 aromatic rings. The Kier molecular flexibility index (Phi) is 10.5. The molecule has 2 rings (SSSR count). The number of nitrogens with one attached hydrogen (secondary N) is 2. The van der Waals surface area contributed by atoms with Gasteiger partial charge >= 0.3 is 0 Å². The Morgan fingerprint density at radius 3 is 2.88 bits per heavy atom. The summed E-state index contributed by atoms with van der Waals surface area (Å²) in [4.78, 5) is 8.98. The van der Waals surface area contributed by atoms with E-state index in [-0.39, 0.29) is 24.0 Å². The summed E-state index contributed by atoms with van der Waals surface area (Å²) in [5, 5.41) is 6.69. The van der Waals surface area contributed by atoms with Crippen LogP contribution in [-0.4, -0.2) is 31.1 Å². The first-order valence-electron chi connectivity index (χ1n) is 8.52. The molecule has 0 amide bonds. The van der Waals surface area contributed by atoms with Crippen LogP contribution in [0.15, 0.2) is 34.8 Å². The van der Waals surface area contributed by atoms with Gasteiger partial charge in [-0.1, -0.05) is 17.7 Å². The Bertz CT molecular complexity index is 546. The third-order valence-electron chi connectivity index (χ3n) is 3.86.